The number of rotatable bonds is 5. The Kier molecular flexibility index (Phi) is 11.0. The molecule has 5 nitrogen and oxygen atoms in total. The first-order valence-corrected chi connectivity index (χ1v) is 11.3. The molecule has 1 N–H and O–H groups in total. The van der Waals surface area contributed by atoms with E-state index in [-0.39, 0.29) is 10.9 Å². The first-order chi connectivity index (χ1) is 15.9. The lowest BCUT2D eigenvalue weighted by molar-refractivity contribution is 0.106. The first-order valence-electron chi connectivity index (χ1n) is 10.9. The molecule has 1 saturated heterocycles. The van der Waals surface area contributed by atoms with Crippen molar-refractivity contribution in [2.24, 2.45) is 5.16 Å². The van der Waals surface area contributed by atoms with E-state index < -0.39 is 11.6 Å². The number of benzene rings is 2. The van der Waals surface area contributed by atoms with Gasteiger partial charge in [0.05, 0.1) is 18.7 Å². The van der Waals surface area contributed by atoms with Crippen LogP contribution in [0.3, 0.4) is 0 Å². The van der Waals surface area contributed by atoms with Gasteiger partial charge in [-0.05, 0) is 48.0 Å². The molecule has 1 unspecified atom stereocenters. The quantitative estimate of drug-likeness (QED) is 0.555. The van der Waals surface area contributed by atoms with Crippen molar-refractivity contribution in [1.29, 1.82) is 0 Å². The van der Waals surface area contributed by atoms with Crippen molar-refractivity contribution in [3.8, 4) is 5.75 Å². The molecular weight excluding hydrogens is 448 g/mol. The van der Waals surface area contributed by atoms with E-state index in [9.17, 15) is 8.78 Å². The molecule has 2 aliphatic heterocycles. The molecule has 2 aliphatic rings. The summed E-state index contributed by atoms with van der Waals surface area (Å²) < 4.78 is 32.3. The fourth-order valence-electron chi connectivity index (χ4n) is 3.51. The number of halogens is 3. The SMILES string of the molecule is C=CNC.CCCc1ccc(OC)cc1.Fc1cc(C2CC3=NOCCN3C2)c(F)cc1Cl. The van der Waals surface area contributed by atoms with Gasteiger partial charge in [-0.1, -0.05) is 48.8 Å². The van der Waals surface area contributed by atoms with Crippen LogP contribution in [0.5, 0.6) is 5.75 Å². The minimum atomic E-state index is -0.587. The molecule has 2 aromatic rings. The van der Waals surface area contributed by atoms with Crippen LogP contribution < -0.4 is 10.1 Å². The minimum Gasteiger partial charge on any atom is -0.497 e. The summed E-state index contributed by atoms with van der Waals surface area (Å²) in [5, 5.41) is 6.44. The van der Waals surface area contributed by atoms with Crippen LogP contribution in [0.2, 0.25) is 5.02 Å². The van der Waals surface area contributed by atoms with Gasteiger partial charge >= 0.3 is 0 Å². The second-order valence-electron chi connectivity index (χ2n) is 7.57. The largest absolute Gasteiger partial charge is 0.497 e. The molecule has 0 aliphatic carbocycles. The Morgan fingerprint density at radius 1 is 1.27 bits per heavy atom. The highest BCUT2D eigenvalue weighted by molar-refractivity contribution is 6.30. The number of methoxy groups -OCH3 is 1. The van der Waals surface area contributed by atoms with Crippen molar-refractivity contribution in [1.82, 2.24) is 10.2 Å². The average molecular weight is 480 g/mol. The summed E-state index contributed by atoms with van der Waals surface area (Å²) in [4.78, 5) is 7.04. The van der Waals surface area contributed by atoms with Gasteiger partial charge in [0.25, 0.3) is 0 Å². The number of aryl methyl sites for hydroxylation is 1. The number of nitrogens with zero attached hydrogens (tertiary/aromatic N) is 2. The lowest BCUT2D eigenvalue weighted by Crippen LogP contribution is -2.32. The summed E-state index contributed by atoms with van der Waals surface area (Å²) in [7, 11) is 3.50. The number of oxime groups is 1. The molecule has 0 saturated carbocycles. The van der Waals surface area contributed by atoms with Gasteiger partial charge in [0, 0.05) is 25.9 Å². The topological polar surface area (TPSA) is 46.1 Å². The normalized spacial score (nSPS) is 16.1. The zero-order valence-corrected chi connectivity index (χ0v) is 20.2. The Hall–Kier alpha value is -2.80. The van der Waals surface area contributed by atoms with Crippen molar-refractivity contribution in [2.45, 2.75) is 32.1 Å². The molecule has 1 atom stereocenters. The molecule has 180 valence electrons. The van der Waals surface area contributed by atoms with Gasteiger partial charge in [-0.2, -0.15) is 0 Å². The van der Waals surface area contributed by atoms with Gasteiger partial charge in [-0.25, -0.2) is 8.78 Å². The van der Waals surface area contributed by atoms with E-state index in [0.29, 0.717) is 25.1 Å². The smallest absolute Gasteiger partial charge is 0.145 e. The molecule has 2 aromatic carbocycles. The van der Waals surface area contributed by atoms with Gasteiger partial charge in [-0.3, -0.25) is 0 Å². The van der Waals surface area contributed by atoms with Gasteiger partial charge < -0.3 is 19.8 Å². The summed E-state index contributed by atoms with van der Waals surface area (Å²) >= 11 is 5.55. The van der Waals surface area contributed by atoms with E-state index in [1.165, 1.54) is 18.1 Å². The molecule has 0 aromatic heterocycles. The highest BCUT2D eigenvalue weighted by Crippen LogP contribution is 2.33. The zero-order valence-electron chi connectivity index (χ0n) is 19.4. The lowest BCUT2D eigenvalue weighted by atomic mass is 9.97. The fraction of sp³-hybridized carbons (Fsp3) is 0.400. The van der Waals surface area contributed by atoms with Crippen LogP contribution in [0.15, 0.2) is 54.3 Å². The number of fused-ring (bicyclic) bond motifs is 1. The average Bonchev–Trinajstić information content (AvgIpc) is 3.27. The van der Waals surface area contributed by atoms with Crippen molar-refractivity contribution in [2.75, 3.05) is 33.9 Å². The Morgan fingerprint density at radius 2 is 1.97 bits per heavy atom. The van der Waals surface area contributed by atoms with E-state index in [4.69, 9.17) is 21.2 Å². The van der Waals surface area contributed by atoms with Crippen LogP contribution in [0, 0.1) is 11.6 Å². The maximum atomic E-state index is 13.8. The summed E-state index contributed by atoms with van der Waals surface area (Å²) in [6.45, 7) is 7.47. The predicted octanol–water partition coefficient (Wildman–Crippen LogP) is 5.75. The van der Waals surface area contributed by atoms with Crippen LogP contribution >= 0.6 is 11.6 Å². The maximum absolute atomic E-state index is 13.8. The molecule has 0 radical (unpaired) electrons. The predicted molar refractivity (Wildman–Crippen MR) is 130 cm³/mol. The van der Waals surface area contributed by atoms with Gasteiger partial charge in [0.2, 0.25) is 0 Å². The molecule has 4 rings (SSSR count). The standard InChI is InChI=1S/C12H11ClF2N2O.C10H14O.C3H7N/c13-9-5-10(14)8(4-11(9)15)7-3-12-16-18-2-1-17(12)6-7;1-3-4-9-5-7-10(11-2)8-6-9;1-3-4-2/h4-5,7H,1-3,6H2;5-8H,3-4H2,1-2H3;3-4H,1H2,2H3. The first kappa shape index (κ1) is 26.5. The summed E-state index contributed by atoms with van der Waals surface area (Å²) in [5.74, 6) is 0.590. The van der Waals surface area contributed by atoms with E-state index in [2.05, 4.69) is 36.1 Å². The van der Waals surface area contributed by atoms with E-state index in [1.54, 1.807) is 13.3 Å². The number of hydrogen-bond donors (Lipinski definition) is 1. The van der Waals surface area contributed by atoms with Crippen LogP contribution in [0.4, 0.5) is 8.78 Å². The third-order valence-electron chi connectivity index (χ3n) is 5.24. The number of hydrogen-bond acceptors (Lipinski definition) is 5. The molecule has 33 heavy (non-hydrogen) atoms. The second-order valence-corrected chi connectivity index (χ2v) is 7.97. The van der Waals surface area contributed by atoms with E-state index in [0.717, 1.165) is 30.6 Å². The van der Waals surface area contributed by atoms with E-state index in [1.807, 2.05) is 24.1 Å². The highest BCUT2D eigenvalue weighted by Gasteiger charge is 2.33. The monoisotopic (exact) mass is 479 g/mol. The molecule has 1 fully saturated rings. The van der Waals surface area contributed by atoms with Crippen molar-refractivity contribution in [3.63, 3.8) is 0 Å². The minimum absolute atomic E-state index is 0.0998. The Labute approximate surface area is 200 Å². The molecule has 0 spiro atoms. The maximum Gasteiger partial charge on any atom is 0.145 e. The molecule has 0 bridgehead atoms. The van der Waals surface area contributed by atoms with Crippen molar-refractivity contribution in [3.05, 3.63) is 77.0 Å². The Balaban J connectivity index is 0.000000220. The third kappa shape index (κ3) is 7.93. The molecule has 0 amide bonds. The number of amidine groups is 1. The zero-order chi connectivity index (χ0) is 24.2. The van der Waals surface area contributed by atoms with Gasteiger partial charge in [0.1, 0.15) is 29.8 Å². The van der Waals surface area contributed by atoms with Crippen molar-refractivity contribution >= 4 is 17.4 Å². The van der Waals surface area contributed by atoms with Crippen LogP contribution in [-0.4, -0.2) is 44.6 Å². The van der Waals surface area contributed by atoms with Crippen LogP contribution in [-0.2, 0) is 11.3 Å². The van der Waals surface area contributed by atoms with Crippen LogP contribution in [0.25, 0.3) is 0 Å². The number of nitrogens with one attached hydrogen (secondary N) is 1. The summed E-state index contributed by atoms with van der Waals surface area (Å²) in [5.41, 5.74) is 1.74. The van der Waals surface area contributed by atoms with E-state index >= 15 is 0 Å². The van der Waals surface area contributed by atoms with Gasteiger partial charge in [0.15, 0.2) is 0 Å². The molecular formula is C25H32ClF2N3O2. The lowest BCUT2D eigenvalue weighted by Gasteiger charge is -2.21. The molecule has 2 heterocycles. The number of ether oxygens (including phenoxy) is 1. The molecule has 8 heteroatoms. The third-order valence-corrected chi connectivity index (χ3v) is 5.53. The summed E-state index contributed by atoms with van der Waals surface area (Å²) in [6, 6.07) is 10.4. The highest BCUT2D eigenvalue weighted by atomic mass is 35.5. The van der Waals surface area contributed by atoms with Crippen molar-refractivity contribution < 1.29 is 18.4 Å². The second kappa shape index (κ2) is 13.7. The fourth-order valence-corrected chi connectivity index (χ4v) is 3.66. The summed E-state index contributed by atoms with van der Waals surface area (Å²) in [6.07, 6.45) is 4.55. The van der Waals surface area contributed by atoms with Gasteiger partial charge in [-0.15, -0.1) is 0 Å². The Morgan fingerprint density at radius 3 is 2.55 bits per heavy atom. The van der Waals surface area contributed by atoms with Crippen LogP contribution in [0.1, 0.15) is 36.8 Å². The Bertz CT molecular complexity index is 923.